The summed E-state index contributed by atoms with van der Waals surface area (Å²) in [4.78, 5) is 10.6. The fourth-order valence-electron chi connectivity index (χ4n) is 0.425. The summed E-state index contributed by atoms with van der Waals surface area (Å²) in [6.07, 6.45) is 1.15. The largest absolute Gasteiger partial charge is 0.594 e. The minimum atomic E-state index is -0.532. The third kappa shape index (κ3) is 1.49. The van der Waals surface area contributed by atoms with E-state index >= 15 is 0 Å². The van der Waals surface area contributed by atoms with Crippen LogP contribution in [0.15, 0.2) is 29.2 Å². The molecule has 0 saturated heterocycles. The van der Waals surface area contributed by atoms with Crippen molar-refractivity contribution >= 4 is 0 Å². The molecule has 0 saturated carbocycles. The Kier molecular flexibility index (Phi) is 1.40. The second kappa shape index (κ2) is 2.21. The van der Waals surface area contributed by atoms with Gasteiger partial charge in [-0.15, -0.1) is 0 Å². The van der Waals surface area contributed by atoms with Gasteiger partial charge in [-0.2, -0.15) is 0 Å². The maximum atomic E-state index is 10.4. The van der Waals surface area contributed by atoms with Crippen LogP contribution >= 0.6 is 0 Å². The minimum Gasteiger partial charge on any atom is -0.594 e. The van der Waals surface area contributed by atoms with Crippen molar-refractivity contribution in [2.45, 2.75) is 0 Å². The first-order valence-electron chi connectivity index (χ1n) is 2.36. The Labute approximate surface area is 51.0 Å². The van der Waals surface area contributed by atoms with Gasteiger partial charge in [0.1, 0.15) is 0 Å². The van der Waals surface area contributed by atoms with Crippen LogP contribution in [0.2, 0.25) is 0 Å². The van der Waals surface area contributed by atoms with Gasteiger partial charge in [-0.1, -0.05) is 10.9 Å². The second-order valence-corrected chi connectivity index (χ2v) is 1.44. The van der Waals surface area contributed by atoms with Gasteiger partial charge in [-0.05, 0) is 0 Å². The summed E-state index contributed by atoms with van der Waals surface area (Å²) in [6.45, 7) is 0. The van der Waals surface area contributed by atoms with Crippen molar-refractivity contribution in [2.24, 2.45) is 0 Å². The summed E-state index contributed by atoms with van der Waals surface area (Å²) < 4.78 is 0. The van der Waals surface area contributed by atoms with Gasteiger partial charge in [0, 0.05) is 12.1 Å². The molecule has 0 spiro atoms. The van der Waals surface area contributed by atoms with Crippen LogP contribution in [0.3, 0.4) is 0 Å². The molecule has 0 amide bonds. The molecule has 9 heavy (non-hydrogen) atoms. The van der Waals surface area contributed by atoms with Gasteiger partial charge < -0.3 is 5.21 Å². The summed E-state index contributed by atoms with van der Waals surface area (Å²) in [5.74, 6) is 0. The lowest BCUT2D eigenvalue weighted by molar-refractivity contribution is -0.669. The molecule has 4 heteroatoms. The van der Waals surface area contributed by atoms with Crippen LogP contribution in [0.5, 0.6) is 0 Å². The van der Waals surface area contributed by atoms with E-state index in [0.29, 0.717) is 0 Å². The third-order valence-electron chi connectivity index (χ3n) is 0.761. The fourth-order valence-corrected chi connectivity index (χ4v) is 0.425. The Bertz CT molecular complexity index is 261. The smallest absolute Gasteiger partial charge is 0.333 e. The topological polar surface area (TPSA) is 56.9 Å². The molecule has 0 aliphatic heterocycles. The molecule has 0 fully saturated rings. The van der Waals surface area contributed by atoms with Crippen LogP contribution < -0.4 is 10.4 Å². The molecular formula is C5H4N2O2. The number of hydrogen-bond donors (Lipinski definition) is 0. The van der Waals surface area contributed by atoms with E-state index in [1.165, 1.54) is 18.2 Å². The second-order valence-electron chi connectivity index (χ2n) is 1.44. The molecule has 0 radical (unpaired) electrons. The molecule has 1 aromatic rings. The van der Waals surface area contributed by atoms with E-state index in [2.05, 4.69) is 5.10 Å². The zero-order valence-electron chi connectivity index (χ0n) is 4.52. The van der Waals surface area contributed by atoms with Crippen molar-refractivity contribution in [2.75, 3.05) is 0 Å². The molecule has 0 bridgehead atoms. The van der Waals surface area contributed by atoms with Gasteiger partial charge in [-0.25, -0.2) is 0 Å². The molecule has 0 unspecified atom stereocenters. The molecule has 0 aliphatic carbocycles. The first kappa shape index (κ1) is 5.68. The lowest BCUT2D eigenvalue weighted by Gasteiger charge is -1.79. The van der Waals surface area contributed by atoms with Gasteiger partial charge in [0.25, 0.3) is 0 Å². The normalized spacial score (nSPS) is 8.89. The van der Waals surface area contributed by atoms with Gasteiger partial charge >= 0.3 is 5.56 Å². The zero-order chi connectivity index (χ0) is 6.69. The van der Waals surface area contributed by atoms with Crippen LogP contribution in [0, 0.1) is 5.21 Å². The first-order valence-corrected chi connectivity index (χ1v) is 2.36. The SMILES string of the molecule is O=c1cccc[n+]([O-])n1. The van der Waals surface area contributed by atoms with E-state index in [1.54, 1.807) is 0 Å². The van der Waals surface area contributed by atoms with Gasteiger partial charge in [0.15, 0.2) is 0 Å². The summed E-state index contributed by atoms with van der Waals surface area (Å²) >= 11 is 0. The van der Waals surface area contributed by atoms with E-state index in [9.17, 15) is 10.0 Å². The molecule has 46 valence electrons. The number of nitrogens with zero attached hydrogens (tertiary/aromatic N) is 2. The lowest BCUT2D eigenvalue weighted by atomic mass is 10.6. The average molecular weight is 124 g/mol. The van der Waals surface area contributed by atoms with Gasteiger partial charge in [-0.3, -0.25) is 4.79 Å². The maximum Gasteiger partial charge on any atom is 0.333 e. The van der Waals surface area contributed by atoms with Gasteiger partial charge in [0.05, 0.1) is 5.10 Å². The maximum absolute atomic E-state index is 10.4. The molecule has 0 N–H and O–H groups in total. The predicted octanol–water partition coefficient (Wildman–Crippen LogP) is -0.925. The van der Waals surface area contributed by atoms with Crippen molar-refractivity contribution in [3.8, 4) is 0 Å². The summed E-state index contributed by atoms with van der Waals surface area (Å²) in [5, 5.41) is 13.3. The molecule has 1 aromatic heterocycles. The highest BCUT2D eigenvalue weighted by molar-refractivity contribution is 4.83. The Morgan fingerprint density at radius 2 is 2.33 bits per heavy atom. The number of rotatable bonds is 0. The van der Waals surface area contributed by atoms with E-state index in [4.69, 9.17) is 0 Å². The van der Waals surface area contributed by atoms with Crippen LogP contribution in [0.1, 0.15) is 0 Å². The standard InChI is InChI=1S/C5H4N2O2/c8-5-3-1-2-4-7(9)6-5/h1-4H. The molecule has 0 atom stereocenters. The summed E-state index contributed by atoms with van der Waals surface area (Å²) in [5.41, 5.74) is -0.532. The lowest BCUT2D eigenvalue weighted by Crippen LogP contribution is -2.33. The van der Waals surface area contributed by atoms with Crippen LogP contribution in [0.25, 0.3) is 0 Å². The van der Waals surface area contributed by atoms with E-state index in [-0.39, 0.29) is 4.85 Å². The average Bonchev–Trinajstić information content (AvgIpc) is 1.93. The van der Waals surface area contributed by atoms with Crippen molar-refractivity contribution in [3.05, 3.63) is 40.0 Å². The Hall–Kier alpha value is -1.45. The number of aromatic nitrogens is 2. The summed E-state index contributed by atoms with van der Waals surface area (Å²) in [6, 6.07) is 4.12. The van der Waals surface area contributed by atoms with Crippen LogP contribution in [0.4, 0.5) is 0 Å². The minimum absolute atomic E-state index is 0.225. The van der Waals surface area contributed by atoms with Crippen molar-refractivity contribution in [1.82, 2.24) is 5.10 Å². The highest BCUT2D eigenvalue weighted by atomic mass is 16.5. The van der Waals surface area contributed by atoms with E-state index in [0.717, 1.165) is 6.20 Å². The first-order chi connectivity index (χ1) is 4.29. The van der Waals surface area contributed by atoms with Crippen LogP contribution in [-0.4, -0.2) is 5.10 Å². The fraction of sp³-hybridized carbons (Fsp3) is 0. The molecule has 0 aliphatic rings. The molecular weight excluding hydrogens is 120 g/mol. The van der Waals surface area contributed by atoms with Crippen molar-refractivity contribution in [3.63, 3.8) is 0 Å². The van der Waals surface area contributed by atoms with E-state index in [1.807, 2.05) is 0 Å². The monoisotopic (exact) mass is 124 g/mol. The Morgan fingerprint density at radius 1 is 1.56 bits per heavy atom. The molecule has 0 aromatic carbocycles. The van der Waals surface area contributed by atoms with Crippen molar-refractivity contribution in [1.29, 1.82) is 0 Å². The van der Waals surface area contributed by atoms with Gasteiger partial charge in [0.2, 0.25) is 6.20 Å². The zero-order valence-corrected chi connectivity index (χ0v) is 4.52. The van der Waals surface area contributed by atoms with Crippen molar-refractivity contribution < 1.29 is 4.85 Å². The highest BCUT2D eigenvalue weighted by Gasteiger charge is 1.84. The third-order valence-corrected chi connectivity index (χ3v) is 0.761. The molecule has 4 nitrogen and oxygen atoms in total. The van der Waals surface area contributed by atoms with E-state index < -0.39 is 5.56 Å². The molecule has 1 heterocycles. The summed E-state index contributed by atoms with van der Waals surface area (Å²) in [7, 11) is 0. The predicted molar refractivity (Wildman–Crippen MR) is 29.5 cm³/mol. The Balaban J connectivity index is 3.37. The molecule has 1 rings (SSSR count). The number of hydrogen-bond acceptors (Lipinski definition) is 3. The quantitative estimate of drug-likeness (QED) is 0.332. The Morgan fingerprint density at radius 3 is 3.11 bits per heavy atom. The highest BCUT2D eigenvalue weighted by Crippen LogP contribution is 1.64. The van der Waals surface area contributed by atoms with Crippen LogP contribution in [-0.2, 0) is 0 Å².